The number of nitrogens with zero attached hydrogens (tertiary/aromatic N) is 1. The van der Waals surface area contributed by atoms with Crippen molar-refractivity contribution < 1.29 is 19.4 Å². The van der Waals surface area contributed by atoms with E-state index < -0.39 is 17.6 Å². The van der Waals surface area contributed by atoms with Crippen molar-refractivity contribution in [3.63, 3.8) is 0 Å². The molecule has 1 heterocycles. The van der Waals surface area contributed by atoms with Crippen LogP contribution < -0.4 is 5.73 Å². The molecule has 3 N–H and O–H groups in total. The van der Waals surface area contributed by atoms with Crippen molar-refractivity contribution in [3.8, 4) is 0 Å². The van der Waals surface area contributed by atoms with Crippen molar-refractivity contribution in [1.82, 2.24) is 4.90 Å². The van der Waals surface area contributed by atoms with Crippen LogP contribution in [0.1, 0.15) is 46.5 Å². The zero-order valence-corrected chi connectivity index (χ0v) is 13.0. The summed E-state index contributed by atoms with van der Waals surface area (Å²) in [4.78, 5) is 25.3. The molecule has 6 nitrogen and oxygen atoms in total. The minimum atomic E-state index is -0.992. The van der Waals surface area contributed by atoms with Gasteiger partial charge in [0, 0.05) is 18.5 Å². The summed E-state index contributed by atoms with van der Waals surface area (Å²) < 4.78 is 5.46. The molecule has 0 radical (unpaired) electrons. The van der Waals surface area contributed by atoms with E-state index in [0.717, 1.165) is 25.7 Å². The highest BCUT2D eigenvalue weighted by molar-refractivity contribution is 5.74. The molecule has 0 aromatic heterocycles. The van der Waals surface area contributed by atoms with Crippen molar-refractivity contribution in [2.24, 2.45) is 17.6 Å². The van der Waals surface area contributed by atoms with Crippen LogP contribution in [0, 0.1) is 11.8 Å². The maximum atomic E-state index is 12.4. The van der Waals surface area contributed by atoms with E-state index >= 15 is 0 Å². The number of piperidine rings is 1. The van der Waals surface area contributed by atoms with Gasteiger partial charge in [0.2, 0.25) is 0 Å². The lowest BCUT2D eigenvalue weighted by molar-refractivity contribution is -0.141. The van der Waals surface area contributed by atoms with Crippen molar-refractivity contribution in [2.75, 3.05) is 6.54 Å². The Morgan fingerprint density at radius 1 is 1.29 bits per heavy atom. The number of carboxylic acid groups (broad SMARTS) is 1. The average Bonchev–Trinajstić information content (AvgIpc) is 2.36. The second kappa shape index (κ2) is 5.83. The highest BCUT2D eigenvalue weighted by Crippen LogP contribution is 2.39. The van der Waals surface area contributed by atoms with Gasteiger partial charge in [-0.2, -0.15) is 0 Å². The molecule has 21 heavy (non-hydrogen) atoms. The van der Waals surface area contributed by atoms with Crippen LogP contribution in [0.5, 0.6) is 0 Å². The molecule has 120 valence electrons. The number of hydrogen-bond donors (Lipinski definition) is 2. The molecular formula is C15H26N2O4. The number of hydrogen-bond acceptors (Lipinski definition) is 4. The van der Waals surface area contributed by atoms with E-state index in [4.69, 9.17) is 10.5 Å². The van der Waals surface area contributed by atoms with Crippen molar-refractivity contribution in [1.29, 1.82) is 0 Å². The van der Waals surface area contributed by atoms with Gasteiger partial charge in [0.15, 0.2) is 0 Å². The van der Waals surface area contributed by atoms with Crippen molar-refractivity contribution >= 4 is 12.1 Å². The van der Waals surface area contributed by atoms with Crippen LogP contribution in [0.4, 0.5) is 4.79 Å². The Morgan fingerprint density at radius 3 is 2.52 bits per heavy atom. The van der Waals surface area contributed by atoms with Gasteiger partial charge in [-0.25, -0.2) is 4.79 Å². The van der Waals surface area contributed by atoms with Crippen LogP contribution in [0.15, 0.2) is 0 Å². The first kappa shape index (κ1) is 16.1. The summed E-state index contributed by atoms with van der Waals surface area (Å²) in [5, 5.41) is 9.18. The normalized spacial score (nSPS) is 30.7. The highest BCUT2D eigenvalue weighted by Gasteiger charge is 2.45. The van der Waals surface area contributed by atoms with Gasteiger partial charge in [-0.3, -0.25) is 4.79 Å². The summed E-state index contributed by atoms with van der Waals surface area (Å²) in [5.41, 5.74) is 5.29. The Hall–Kier alpha value is -1.30. The first-order valence-corrected chi connectivity index (χ1v) is 7.67. The molecule has 2 aliphatic rings. The van der Waals surface area contributed by atoms with Crippen LogP contribution in [0.25, 0.3) is 0 Å². The first-order valence-electron chi connectivity index (χ1n) is 7.67. The molecule has 2 fully saturated rings. The Kier molecular flexibility index (Phi) is 4.46. The van der Waals surface area contributed by atoms with Gasteiger partial charge in [-0.1, -0.05) is 0 Å². The van der Waals surface area contributed by atoms with Crippen LogP contribution in [-0.2, 0) is 9.53 Å². The SMILES string of the molecule is CC(C)(C)OC(=O)N1CCC2CCC(C(N)C(=O)O)C1C2. The third-order valence-corrected chi connectivity index (χ3v) is 4.53. The second-order valence-electron chi connectivity index (χ2n) is 7.24. The van der Waals surface area contributed by atoms with Crippen LogP contribution in [0.3, 0.4) is 0 Å². The number of amides is 1. The third-order valence-electron chi connectivity index (χ3n) is 4.53. The molecule has 1 amide bonds. The Morgan fingerprint density at radius 2 is 1.95 bits per heavy atom. The monoisotopic (exact) mass is 298 g/mol. The average molecular weight is 298 g/mol. The Bertz CT molecular complexity index is 418. The van der Waals surface area contributed by atoms with Crippen molar-refractivity contribution in [3.05, 3.63) is 0 Å². The second-order valence-corrected chi connectivity index (χ2v) is 7.24. The molecule has 6 heteroatoms. The molecule has 0 aromatic rings. The quantitative estimate of drug-likeness (QED) is 0.811. The third kappa shape index (κ3) is 3.67. The fourth-order valence-electron chi connectivity index (χ4n) is 3.51. The van der Waals surface area contributed by atoms with Gasteiger partial charge in [0.25, 0.3) is 0 Å². The number of ether oxygens (including phenoxy) is 1. The van der Waals surface area contributed by atoms with E-state index in [1.54, 1.807) is 4.90 Å². The number of likely N-dealkylation sites (tertiary alicyclic amines) is 1. The summed E-state index contributed by atoms with van der Waals surface area (Å²) in [6.45, 7) is 6.13. The van der Waals surface area contributed by atoms with Crippen molar-refractivity contribution in [2.45, 2.75) is 64.1 Å². The van der Waals surface area contributed by atoms with Crippen LogP contribution in [-0.4, -0.2) is 46.3 Å². The predicted octanol–water partition coefficient (Wildman–Crippen LogP) is 1.82. The van der Waals surface area contributed by atoms with Crippen LogP contribution in [0.2, 0.25) is 0 Å². The molecule has 4 atom stereocenters. The minimum absolute atomic E-state index is 0.113. The zero-order valence-electron chi connectivity index (χ0n) is 13.0. The molecule has 1 aliphatic carbocycles. The van der Waals surface area contributed by atoms with Gasteiger partial charge >= 0.3 is 12.1 Å². The maximum Gasteiger partial charge on any atom is 0.410 e. The van der Waals surface area contributed by atoms with Gasteiger partial charge < -0.3 is 20.5 Å². The fraction of sp³-hybridized carbons (Fsp3) is 0.867. The highest BCUT2D eigenvalue weighted by atomic mass is 16.6. The largest absolute Gasteiger partial charge is 0.480 e. The van der Waals surface area contributed by atoms with E-state index in [-0.39, 0.29) is 18.1 Å². The lowest BCUT2D eigenvalue weighted by Crippen LogP contribution is -2.58. The summed E-state index contributed by atoms with van der Waals surface area (Å²) in [6, 6.07) is -1.03. The molecule has 0 spiro atoms. The Balaban J connectivity index is 2.14. The van der Waals surface area contributed by atoms with Gasteiger partial charge in [-0.15, -0.1) is 0 Å². The predicted molar refractivity (Wildman–Crippen MR) is 77.8 cm³/mol. The number of carbonyl (C=O) groups is 2. The topological polar surface area (TPSA) is 92.9 Å². The van der Waals surface area contributed by atoms with Gasteiger partial charge in [-0.05, 0) is 52.4 Å². The number of carbonyl (C=O) groups excluding carboxylic acids is 1. The van der Waals surface area contributed by atoms with E-state index in [2.05, 4.69) is 0 Å². The zero-order chi connectivity index (χ0) is 15.8. The summed E-state index contributed by atoms with van der Waals surface area (Å²) in [6.07, 6.45) is 3.22. The number of carboxylic acids is 1. The molecular weight excluding hydrogens is 272 g/mol. The minimum Gasteiger partial charge on any atom is -0.480 e. The maximum absolute atomic E-state index is 12.4. The smallest absolute Gasteiger partial charge is 0.410 e. The molecule has 1 aliphatic heterocycles. The van der Waals surface area contributed by atoms with Gasteiger partial charge in [0.1, 0.15) is 11.6 Å². The standard InChI is InChI=1S/C15H26N2O4/c1-15(2,3)21-14(20)17-7-6-9-4-5-10(11(17)8-9)12(16)13(18)19/h9-12H,4-8,16H2,1-3H3,(H,18,19). The lowest BCUT2D eigenvalue weighted by atomic mass is 9.71. The first-order chi connectivity index (χ1) is 9.69. The number of aliphatic carboxylic acids is 1. The Labute approximate surface area is 125 Å². The lowest BCUT2D eigenvalue weighted by Gasteiger charge is -2.48. The number of fused-ring (bicyclic) bond motifs is 2. The number of nitrogens with two attached hydrogens (primary N) is 1. The molecule has 0 aromatic carbocycles. The molecule has 2 bridgehead atoms. The number of rotatable bonds is 2. The molecule has 1 saturated heterocycles. The fourth-order valence-corrected chi connectivity index (χ4v) is 3.51. The van der Waals surface area contributed by atoms with E-state index in [9.17, 15) is 14.7 Å². The molecule has 4 unspecified atom stereocenters. The van der Waals surface area contributed by atoms with E-state index in [1.165, 1.54) is 0 Å². The molecule has 1 saturated carbocycles. The van der Waals surface area contributed by atoms with Crippen LogP contribution >= 0.6 is 0 Å². The van der Waals surface area contributed by atoms with E-state index in [0.29, 0.717) is 12.5 Å². The summed E-state index contributed by atoms with van der Waals surface area (Å²) >= 11 is 0. The molecule has 2 rings (SSSR count). The van der Waals surface area contributed by atoms with Gasteiger partial charge in [0.05, 0.1) is 0 Å². The van der Waals surface area contributed by atoms with E-state index in [1.807, 2.05) is 20.8 Å². The summed E-state index contributed by atoms with van der Waals surface area (Å²) in [5.74, 6) is -0.606. The summed E-state index contributed by atoms with van der Waals surface area (Å²) in [7, 11) is 0.